The van der Waals surface area contributed by atoms with Gasteiger partial charge in [0.15, 0.2) is 0 Å². The monoisotopic (exact) mass is 338 g/mol. The van der Waals surface area contributed by atoms with Gasteiger partial charge < -0.3 is 4.74 Å². The van der Waals surface area contributed by atoms with E-state index in [1.165, 1.54) is 6.20 Å². The van der Waals surface area contributed by atoms with E-state index in [0.29, 0.717) is 12.0 Å². The lowest BCUT2D eigenvalue weighted by Gasteiger charge is -2.33. The third-order valence-electron chi connectivity index (χ3n) is 4.92. The van der Waals surface area contributed by atoms with Crippen molar-refractivity contribution in [2.24, 2.45) is 0 Å². The maximum Gasteiger partial charge on any atom is 0.410 e. The van der Waals surface area contributed by atoms with E-state index in [2.05, 4.69) is 4.98 Å². The summed E-state index contributed by atoms with van der Waals surface area (Å²) in [5.74, 6) is -0.451. The molecule has 128 valence electrons. The first-order chi connectivity index (χ1) is 12.2. The van der Waals surface area contributed by atoms with Crippen LogP contribution < -0.4 is 0 Å². The molecule has 5 heteroatoms. The molecular formula is C20H19FN2O2. The van der Waals surface area contributed by atoms with E-state index in [1.54, 1.807) is 17.0 Å². The van der Waals surface area contributed by atoms with Crippen molar-refractivity contribution >= 4 is 11.7 Å². The number of carbonyl (C=O) groups is 1. The van der Waals surface area contributed by atoms with Gasteiger partial charge in [-0.2, -0.15) is 4.39 Å². The minimum atomic E-state index is -0.451. The number of carbonyl (C=O) groups excluding carboxylic acids is 1. The van der Waals surface area contributed by atoms with Gasteiger partial charge in [-0.25, -0.2) is 9.78 Å². The normalized spacial score (nSPS) is 21.8. The smallest absolute Gasteiger partial charge is 0.410 e. The Morgan fingerprint density at radius 1 is 1.20 bits per heavy atom. The van der Waals surface area contributed by atoms with Crippen molar-refractivity contribution in [1.82, 2.24) is 9.88 Å². The second-order valence-corrected chi connectivity index (χ2v) is 6.48. The molecule has 1 fully saturated rings. The molecule has 4 nitrogen and oxygen atoms in total. The molecule has 0 saturated carbocycles. The molecular weight excluding hydrogens is 319 g/mol. The predicted molar refractivity (Wildman–Crippen MR) is 92.1 cm³/mol. The highest BCUT2D eigenvalue weighted by Gasteiger charge is 2.41. The van der Waals surface area contributed by atoms with Crippen LogP contribution in [0, 0.1) is 5.95 Å². The summed E-state index contributed by atoms with van der Waals surface area (Å²) in [6.45, 7) is 0.267. The lowest BCUT2D eigenvalue weighted by Crippen LogP contribution is -2.43. The van der Waals surface area contributed by atoms with Crippen LogP contribution in [0.4, 0.5) is 9.18 Å². The highest BCUT2D eigenvalue weighted by Crippen LogP contribution is 2.39. The molecule has 0 N–H and O–H groups in total. The Labute approximate surface area is 145 Å². The van der Waals surface area contributed by atoms with Gasteiger partial charge in [0.2, 0.25) is 5.95 Å². The van der Waals surface area contributed by atoms with Crippen LogP contribution in [0.1, 0.15) is 30.4 Å². The molecule has 0 radical (unpaired) electrons. The van der Waals surface area contributed by atoms with Gasteiger partial charge in [0, 0.05) is 17.8 Å². The first kappa shape index (κ1) is 15.8. The molecule has 2 bridgehead atoms. The molecule has 2 unspecified atom stereocenters. The first-order valence-electron chi connectivity index (χ1n) is 8.53. The van der Waals surface area contributed by atoms with Crippen molar-refractivity contribution in [3.8, 4) is 0 Å². The number of ether oxygens (including phenoxy) is 1. The standard InChI is InChI=1S/C20H19FN2O2/c21-19-18(7-4-10-22-19)15-11-16-8-9-17(12-15)23(16)20(24)25-13-14-5-2-1-3-6-14/h1-7,10-11,16-17H,8-9,12-13H2. The maximum atomic E-state index is 14.0. The van der Waals surface area contributed by atoms with Crippen molar-refractivity contribution < 1.29 is 13.9 Å². The molecule has 2 aliphatic rings. The maximum absolute atomic E-state index is 14.0. The fraction of sp³-hybridized carbons (Fsp3) is 0.300. The van der Waals surface area contributed by atoms with E-state index in [-0.39, 0.29) is 24.8 Å². The molecule has 1 aromatic heterocycles. The molecule has 4 rings (SSSR count). The second kappa shape index (κ2) is 6.67. The highest BCUT2D eigenvalue weighted by molar-refractivity contribution is 5.74. The Balaban J connectivity index is 1.48. The summed E-state index contributed by atoms with van der Waals surface area (Å²) in [5.41, 5.74) is 2.44. The summed E-state index contributed by atoms with van der Waals surface area (Å²) in [7, 11) is 0. The minimum Gasteiger partial charge on any atom is -0.445 e. The largest absolute Gasteiger partial charge is 0.445 e. The second-order valence-electron chi connectivity index (χ2n) is 6.48. The fourth-order valence-corrected chi connectivity index (χ4v) is 3.73. The van der Waals surface area contributed by atoms with E-state index in [0.717, 1.165) is 24.0 Å². The summed E-state index contributed by atoms with van der Waals surface area (Å²) in [6, 6.07) is 13.2. The van der Waals surface area contributed by atoms with Crippen molar-refractivity contribution in [2.45, 2.75) is 38.0 Å². The van der Waals surface area contributed by atoms with Crippen LogP contribution in [0.25, 0.3) is 5.57 Å². The highest BCUT2D eigenvalue weighted by atomic mass is 19.1. The van der Waals surface area contributed by atoms with Crippen LogP contribution in [-0.2, 0) is 11.3 Å². The van der Waals surface area contributed by atoms with Gasteiger partial charge in [-0.05, 0) is 42.5 Å². The zero-order chi connectivity index (χ0) is 17.2. The van der Waals surface area contributed by atoms with Gasteiger partial charge in [0.1, 0.15) is 6.61 Å². The van der Waals surface area contributed by atoms with Crippen LogP contribution in [0.3, 0.4) is 0 Å². The topological polar surface area (TPSA) is 42.4 Å². The Kier molecular flexibility index (Phi) is 4.22. The van der Waals surface area contributed by atoms with Crippen LogP contribution in [0.15, 0.2) is 54.7 Å². The van der Waals surface area contributed by atoms with Gasteiger partial charge in [-0.15, -0.1) is 0 Å². The molecule has 2 aromatic rings. The number of nitrogens with zero attached hydrogens (tertiary/aromatic N) is 2. The number of halogens is 1. The Bertz CT molecular complexity index is 806. The van der Waals surface area contributed by atoms with E-state index in [1.807, 2.05) is 36.4 Å². The summed E-state index contributed by atoms with van der Waals surface area (Å²) >= 11 is 0. The number of fused-ring (bicyclic) bond motifs is 2. The Morgan fingerprint density at radius 2 is 2.04 bits per heavy atom. The third-order valence-corrected chi connectivity index (χ3v) is 4.92. The molecule has 1 aromatic carbocycles. The number of hydrogen-bond donors (Lipinski definition) is 0. The van der Waals surface area contributed by atoms with E-state index < -0.39 is 5.95 Å². The van der Waals surface area contributed by atoms with Crippen molar-refractivity contribution in [3.05, 3.63) is 71.8 Å². The lowest BCUT2D eigenvalue weighted by atomic mass is 9.96. The molecule has 2 aliphatic heterocycles. The molecule has 0 spiro atoms. The van der Waals surface area contributed by atoms with Gasteiger partial charge in [-0.1, -0.05) is 36.4 Å². The van der Waals surface area contributed by atoms with Crippen LogP contribution in [0.2, 0.25) is 0 Å². The number of rotatable bonds is 3. The zero-order valence-electron chi connectivity index (χ0n) is 13.8. The Morgan fingerprint density at radius 3 is 2.80 bits per heavy atom. The van der Waals surface area contributed by atoms with Crippen LogP contribution in [0.5, 0.6) is 0 Å². The predicted octanol–water partition coefficient (Wildman–Crippen LogP) is 4.18. The Hall–Kier alpha value is -2.69. The fourth-order valence-electron chi connectivity index (χ4n) is 3.73. The van der Waals surface area contributed by atoms with Gasteiger partial charge in [-0.3, -0.25) is 4.90 Å². The SMILES string of the molecule is O=C(OCc1ccccc1)N1C2C=C(c3cccnc3F)CC1CC2. The third kappa shape index (κ3) is 3.14. The van der Waals surface area contributed by atoms with Crippen molar-refractivity contribution in [2.75, 3.05) is 0 Å². The molecule has 3 heterocycles. The van der Waals surface area contributed by atoms with Crippen LogP contribution >= 0.6 is 0 Å². The average molecular weight is 338 g/mol. The number of benzene rings is 1. The molecule has 0 aliphatic carbocycles. The average Bonchev–Trinajstić information content (AvgIpc) is 2.91. The zero-order valence-corrected chi connectivity index (χ0v) is 13.8. The van der Waals surface area contributed by atoms with Crippen molar-refractivity contribution in [1.29, 1.82) is 0 Å². The number of pyridine rings is 1. The minimum absolute atomic E-state index is 0.0309. The number of aromatic nitrogens is 1. The van der Waals surface area contributed by atoms with Gasteiger partial charge in [0.25, 0.3) is 0 Å². The molecule has 25 heavy (non-hydrogen) atoms. The van der Waals surface area contributed by atoms with E-state index in [9.17, 15) is 9.18 Å². The molecule has 2 atom stereocenters. The summed E-state index contributed by atoms with van der Waals surface area (Å²) < 4.78 is 19.4. The van der Waals surface area contributed by atoms with Crippen molar-refractivity contribution in [3.63, 3.8) is 0 Å². The lowest BCUT2D eigenvalue weighted by molar-refractivity contribution is 0.0832. The van der Waals surface area contributed by atoms with E-state index >= 15 is 0 Å². The van der Waals surface area contributed by atoms with E-state index in [4.69, 9.17) is 4.74 Å². The summed E-state index contributed by atoms with van der Waals surface area (Å²) in [4.78, 5) is 18.1. The first-order valence-corrected chi connectivity index (χ1v) is 8.53. The summed E-state index contributed by atoms with van der Waals surface area (Å²) in [5, 5.41) is 0. The number of hydrogen-bond acceptors (Lipinski definition) is 3. The number of amides is 1. The van der Waals surface area contributed by atoms with Crippen LogP contribution in [-0.4, -0.2) is 28.1 Å². The quantitative estimate of drug-likeness (QED) is 0.789. The van der Waals surface area contributed by atoms with Gasteiger partial charge >= 0.3 is 6.09 Å². The van der Waals surface area contributed by atoms with Gasteiger partial charge in [0.05, 0.1) is 6.04 Å². The molecule has 1 saturated heterocycles. The molecule has 1 amide bonds. The summed E-state index contributed by atoms with van der Waals surface area (Å²) in [6.07, 6.45) is 5.58.